The molecule has 2 nitrogen and oxygen atoms in total. The van der Waals surface area contributed by atoms with Crippen molar-refractivity contribution in [3.05, 3.63) is 106 Å². The van der Waals surface area contributed by atoms with Gasteiger partial charge in [0.25, 0.3) is 0 Å². The van der Waals surface area contributed by atoms with Crippen molar-refractivity contribution in [3.63, 3.8) is 0 Å². The molecule has 0 radical (unpaired) electrons. The molecule has 5 rings (SSSR count). The van der Waals surface area contributed by atoms with Crippen LogP contribution in [0.2, 0.25) is 10.0 Å². The highest BCUT2D eigenvalue weighted by molar-refractivity contribution is 6.42. The molecule has 1 saturated heterocycles. The third-order valence-electron chi connectivity index (χ3n) is 7.16. The van der Waals surface area contributed by atoms with Gasteiger partial charge in [0, 0.05) is 18.0 Å². The van der Waals surface area contributed by atoms with E-state index in [1.54, 1.807) is 18.2 Å². The maximum absolute atomic E-state index is 12.8. The van der Waals surface area contributed by atoms with Crippen molar-refractivity contribution < 1.29 is 4.79 Å². The summed E-state index contributed by atoms with van der Waals surface area (Å²) in [4.78, 5) is 15.4. The molecular weight excluding hydrogens is 461 g/mol. The number of ketones is 1. The zero-order valence-electron chi connectivity index (χ0n) is 19.6. The Hall–Kier alpha value is -2.13. The topological polar surface area (TPSA) is 20.3 Å². The lowest BCUT2D eigenvalue weighted by atomic mass is 9.89. The molecule has 1 heterocycles. The monoisotopic (exact) mass is 493 g/mol. The van der Waals surface area contributed by atoms with E-state index in [0.29, 0.717) is 27.4 Å². The summed E-state index contributed by atoms with van der Waals surface area (Å²) in [5, 5.41) is 0.963. The number of likely N-dealkylation sites (tertiary alicyclic amines) is 1. The molecule has 2 atom stereocenters. The van der Waals surface area contributed by atoms with Crippen LogP contribution in [0.1, 0.15) is 53.9 Å². The van der Waals surface area contributed by atoms with Crippen LogP contribution in [0.5, 0.6) is 0 Å². The summed E-state index contributed by atoms with van der Waals surface area (Å²) in [5.41, 5.74) is 2.18. The molecule has 1 aliphatic heterocycles. The van der Waals surface area contributed by atoms with Gasteiger partial charge in [0.2, 0.25) is 0 Å². The van der Waals surface area contributed by atoms with Gasteiger partial charge in [-0.1, -0.05) is 89.9 Å². The number of rotatable bonds is 5. The molecule has 2 aliphatic rings. The number of benzene rings is 3. The molecule has 178 valence electrons. The molecule has 0 aromatic heterocycles. The van der Waals surface area contributed by atoms with Gasteiger partial charge in [-0.15, -0.1) is 0 Å². The fourth-order valence-electron chi connectivity index (χ4n) is 5.29. The van der Waals surface area contributed by atoms with Gasteiger partial charge in [-0.3, -0.25) is 4.79 Å². The van der Waals surface area contributed by atoms with Crippen molar-refractivity contribution in [3.8, 4) is 0 Å². The number of hydrogen-bond acceptors (Lipinski definition) is 2. The van der Waals surface area contributed by atoms with Crippen LogP contribution in [-0.4, -0.2) is 30.3 Å². The van der Waals surface area contributed by atoms with Crippen LogP contribution in [0.25, 0.3) is 0 Å². The smallest absolute Gasteiger partial charge is 0.166 e. The predicted molar refractivity (Wildman–Crippen MR) is 143 cm³/mol. The van der Waals surface area contributed by atoms with Gasteiger partial charge in [0.05, 0.1) is 10.0 Å². The van der Waals surface area contributed by atoms with Gasteiger partial charge < -0.3 is 4.90 Å². The Kier molecular flexibility index (Phi) is 9.21. The Morgan fingerprint density at radius 3 is 2.00 bits per heavy atom. The van der Waals surface area contributed by atoms with Crippen LogP contribution in [0.4, 0.5) is 0 Å². The van der Waals surface area contributed by atoms with Gasteiger partial charge in [-0.25, -0.2) is 0 Å². The summed E-state index contributed by atoms with van der Waals surface area (Å²) in [6, 6.07) is 28.1. The van der Waals surface area contributed by atoms with E-state index in [1.807, 2.05) is 36.4 Å². The number of nitrogens with zero attached hydrogens (tertiary/aromatic N) is 1. The standard InChI is InChI=1S/C24H27Cl2NO.C6H6/c25-22-9-8-21(15-23(22)26)24(28)20-7-6-17(14-20)16-27-12-10-19(11-13-27)18-4-2-1-3-5-18;1-2-4-6-5-3-1/h1-5,8-9,15,17,19-20H,6-7,10-14,16H2;1-6H. The Morgan fingerprint density at radius 2 is 1.38 bits per heavy atom. The van der Waals surface area contributed by atoms with Crippen LogP contribution >= 0.6 is 23.2 Å². The average Bonchev–Trinajstić information content (AvgIpc) is 3.36. The van der Waals surface area contributed by atoms with Crippen LogP contribution < -0.4 is 0 Å². The summed E-state index contributed by atoms with van der Waals surface area (Å²) in [6.45, 7) is 3.47. The second-order valence-electron chi connectivity index (χ2n) is 9.51. The van der Waals surface area contributed by atoms with E-state index < -0.39 is 0 Å². The van der Waals surface area contributed by atoms with E-state index in [0.717, 1.165) is 25.8 Å². The van der Waals surface area contributed by atoms with Crippen molar-refractivity contribution in [1.29, 1.82) is 0 Å². The SMILES string of the molecule is O=C(c1ccc(Cl)c(Cl)c1)C1CCC(CN2CCC(c3ccccc3)CC2)C1.c1ccccc1. The first-order valence-electron chi connectivity index (χ1n) is 12.4. The third-order valence-corrected chi connectivity index (χ3v) is 7.90. The van der Waals surface area contributed by atoms with E-state index in [9.17, 15) is 4.79 Å². The van der Waals surface area contributed by atoms with Gasteiger partial charge in [-0.05, 0) is 80.8 Å². The van der Waals surface area contributed by atoms with E-state index in [4.69, 9.17) is 23.2 Å². The van der Waals surface area contributed by atoms with Crippen molar-refractivity contribution in [2.45, 2.75) is 38.0 Å². The van der Waals surface area contributed by atoms with Gasteiger partial charge in [0.15, 0.2) is 5.78 Å². The fourth-order valence-corrected chi connectivity index (χ4v) is 5.59. The first-order chi connectivity index (χ1) is 16.6. The Balaban J connectivity index is 0.000000398. The lowest BCUT2D eigenvalue weighted by Crippen LogP contribution is -2.36. The molecule has 2 unspecified atom stereocenters. The number of hydrogen-bond donors (Lipinski definition) is 0. The zero-order valence-corrected chi connectivity index (χ0v) is 21.1. The summed E-state index contributed by atoms with van der Waals surface area (Å²) < 4.78 is 0. The van der Waals surface area contributed by atoms with Gasteiger partial charge in [0.1, 0.15) is 0 Å². The molecule has 0 bridgehead atoms. The number of piperidine rings is 1. The van der Waals surface area contributed by atoms with Crippen molar-refractivity contribution in [2.75, 3.05) is 19.6 Å². The summed E-state index contributed by atoms with van der Waals surface area (Å²) in [6.07, 6.45) is 5.61. The number of carbonyl (C=O) groups is 1. The molecule has 0 spiro atoms. The quantitative estimate of drug-likeness (QED) is 0.334. The van der Waals surface area contributed by atoms with E-state index in [-0.39, 0.29) is 11.7 Å². The number of halogens is 2. The zero-order chi connectivity index (χ0) is 23.8. The second kappa shape index (κ2) is 12.5. The molecule has 0 amide bonds. The molecule has 2 fully saturated rings. The summed E-state index contributed by atoms with van der Waals surface area (Å²) in [5.74, 6) is 1.68. The summed E-state index contributed by atoms with van der Waals surface area (Å²) >= 11 is 12.1. The molecule has 0 N–H and O–H groups in total. The second-order valence-corrected chi connectivity index (χ2v) is 10.3. The molecule has 34 heavy (non-hydrogen) atoms. The molecular formula is C30H33Cl2NO. The normalized spacial score (nSPS) is 21.0. The minimum absolute atomic E-state index is 0.129. The highest BCUT2D eigenvalue weighted by Gasteiger charge is 2.32. The van der Waals surface area contributed by atoms with Crippen molar-refractivity contribution >= 4 is 29.0 Å². The largest absolute Gasteiger partial charge is 0.303 e. The van der Waals surface area contributed by atoms with Gasteiger partial charge in [-0.2, -0.15) is 0 Å². The molecule has 4 heteroatoms. The minimum atomic E-state index is 0.129. The van der Waals surface area contributed by atoms with Crippen LogP contribution in [-0.2, 0) is 0 Å². The number of Topliss-reactive ketones (excluding diaryl/α,β-unsaturated/α-hetero) is 1. The first-order valence-corrected chi connectivity index (χ1v) is 13.1. The highest BCUT2D eigenvalue weighted by atomic mass is 35.5. The van der Waals surface area contributed by atoms with E-state index >= 15 is 0 Å². The third kappa shape index (κ3) is 6.95. The van der Waals surface area contributed by atoms with Crippen LogP contribution in [0.15, 0.2) is 84.9 Å². The lowest BCUT2D eigenvalue weighted by molar-refractivity contribution is 0.0917. The Bertz CT molecular complexity index is 1010. The first kappa shape index (κ1) is 25.0. The molecule has 1 saturated carbocycles. The maximum atomic E-state index is 12.8. The van der Waals surface area contributed by atoms with Crippen LogP contribution in [0.3, 0.4) is 0 Å². The van der Waals surface area contributed by atoms with E-state index in [1.165, 1.54) is 31.5 Å². The number of carbonyl (C=O) groups excluding carboxylic acids is 1. The van der Waals surface area contributed by atoms with Crippen molar-refractivity contribution in [2.24, 2.45) is 11.8 Å². The van der Waals surface area contributed by atoms with Crippen LogP contribution in [0, 0.1) is 11.8 Å². The molecule has 3 aromatic carbocycles. The lowest BCUT2D eigenvalue weighted by Gasteiger charge is -2.33. The van der Waals surface area contributed by atoms with E-state index in [2.05, 4.69) is 35.2 Å². The predicted octanol–water partition coefficient (Wildman–Crippen LogP) is 8.16. The highest BCUT2D eigenvalue weighted by Crippen LogP contribution is 2.36. The van der Waals surface area contributed by atoms with Gasteiger partial charge >= 0.3 is 0 Å². The minimum Gasteiger partial charge on any atom is -0.303 e. The maximum Gasteiger partial charge on any atom is 0.166 e. The summed E-state index contributed by atoms with van der Waals surface area (Å²) in [7, 11) is 0. The Morgan fingerprint density at radius 1 is 0.765 bits per heavy atom. The molecule has 3 aromatic rings. The van der Waals surface area contributed by atoms with Crippen molar-refractivity contribution in [1.82, 2.24) is 4.90 Å². The molecule has 1 aliphatic carbocycles. The average molecular weight is 495 g/mol. The fraction of sp³-hybridized carbons (Fsp3) is 0.367. The Labute approximate surface area is 213 Å².